The minimum Gasteiger partial charge on any atom is -0.0619 e. The molecule has 0 N–H and O–H groups in total. The van der Waals surface area contributed by atoms with Crippen LogP contribution in [0.5, 0.6) is 0 Å². The third-order valence-electron chi connectivity index (χ3n) is 6.40. The maximum Gasteiger partial charge on any atom is 0.0364 e. The number of fused-ring (bicyclic) bond motifs is 6. The van der Waals surface area contributed by atoms with Gasteiger partial charge in [-0.15, -0.1) is 0 Å². The Hall–Kier alpha value is -1.38. The fourth-order valence-corrected chi connectivity index (χ4v) is 6.18. The van der Waals surface area contributed by atoms with Gasteiger partial charge in [-0.05, 0) is 94.6 Å². The van der Waals surface area contributed by atoms with Gasteiger partial charge in [-0.2, -0.15) is 0 Å². The fourth-order valence-electron chi connectivity index (χ4n) is 5.01. The Morgan fingerprint density at radius 2 is 1.23 bits per heavy atom. The Labute approximate surface area is 171 Å². The molecule has 3 aromatic rings. The summed E-state index contributed by atoms with van der Waals surface area (Å²) in [6, 6.07) is 18.2. The molecule has 0 saturated heterocycles. The number of hydrogen-bond acceptors (Lipinski definition) is 0. The number of benzene rings is 3. The van der Waals surface area contributed by atoms with Crippen LogP contribution in [0.3, 0.4) is 0 Å². The van der Waals surface area contributed by atoms with Crippen molar-refractivity contribution in [1.82, 2.24) is 0 Å². The van der Waals surface area contributed by atoms with Crippen LogP contribution in [0.15, 0.2) is 57.5 Å². The van der Waals surface area contributed by atoms with E-state index in [1.807, 2.05) is 0 Å². The molecule has 2 heteroatoms. The molecule has 0 bridgehead atoms. The molecule has 2 aliphatic rings. The molecule has 0 aliphatic heterocycles. The molecule has 3 aromatic carbocycles. The van der Waals surface area contributed by atoms with E-state index in [-0.39, 0.29) is 10.8 Å². The molecular formula is C24H20Br2. The van der Waals surface area contributed by atoms with Crippen LogP contribution in [-0.4, -0.2) is 0 Å². The first kappa shape index (κ1) is 16.8. The van der Waals surface area contributed by atoms with Crippen molar-refractivity contribution >= 4 is 31.9 Å². The second-order valence-corrected chi connectivity index (χ2v) is 10.2. The molecule has 0 spiro atoms. The van der Waals surface area contributed by atoms with Crippen LogP contribution in [0.4, 0.5) is 0 Å². The molecule has 0 radical (unpaired) electrons. The van der Waals surface area contributed by atoms with Crippen LogP contribution < -0.4 is 0 Å². The molecule has 0 fully saturated rings. The first-order chi connectivity index (χ1) is 12.2. The summed E-state index contributed by atoms with van der Waals surface area (Å²) in [6.45, 7) is 9.38. The van der Waals surface area contributed by atoms with Crippen LogP contribution in [0.2, 0.25) is 0 Å². The van der Waals surface area contributed by atoms with Crippen molar-refractivity contribution in [2.45, 2.75) is 38.5 Å². The molecule has 2 aliphatic carbocycles. The Bertz CT molecular complexity index is 1100. The van der Waals surface area contributed by atoms with E-state index in [0.29, 0.717) is 0 Å². The van der Waals surface area contributed by atoms with Gasteiger partial charge in [0, 0.05) is 19.8 Å². The van der Waals surface area contributed by atoms with E-state index in [1.54, 1.807) is 0 Å². The molecular weight excluding hydrogens is 448 g/mol. The number of halogens is 2. The maximum absolute atomic E-state index is 3.84. The van der Waals surface area contributed by atoms with E-state index in [4.69, 9.17) is 0 Å². The van der Waals surface area contributed by atoms with Crippen LogP contribution in [-0.2, 0) is 10.8 Å². The van der Waals surface area contributed by atoms with Gasteiger partial charge in [0.1, 0.15) is 0 Å². The standard InChI is InChI=1S/C24H20Br2/c1-23(2)17-8-6-5-7-13(17)15-11-19-16(12-18(15)23)14-9-10-20(25)22(26)21(14)24(19,3)4/h5-12H,1-4H3. The Morgan fingerprint density at radius 1 is 0.615 bits per heavy atom. The van der Waals surface area contributed by atoms with Crippen molar-refractivity contribution in [3.63, 3.8) is 0 Å². The summed E-state index contributed by atoms with van der Waals surface area (Å²) in [5.41, 5.74) is 11.3. The number of rotatable bonds is 0. The normalized spacial score (nSPS) is 17.5. The van der Waals surface area contributed by atoms with E-state index >= 15 is 0 Å². The zero-order valence-corrected chi connectivity index (χ0v) is 18.5. The van der Waals surface area contributed by atoms with Crippen molar-refractivity contribution in [3.05, 3.63) is 79.7 Å². The van der Waals surface area contributed by atoms with Crippen molar-refractivity contribution in [2.24, 2.45) is 0 Å². The maximum atomic E-state index is 3.84. The minimum atomic E-state index is -0.0238. The lowest BCUT2D eigenvalue weighted by Crippen LogP contribution is -2.17. The lowest BCUT2D eigenvalue weighted by atomic mass is 9.79. The summed E-state index contributed by atoms with van der Waals surface area (Å²) in [6.07, 6.45) is 0. The molecule has 0 atom stereocenters. The van der Waals surface area contributed by atoms with Gasteiger partial charge in [-0.25, -0.2) is 0 Å². The van der Waals surface area contributed by atoms with E-state index in [0.717, 1.165) is 4.47 Å². The molecule has 0 nitrogen and oxygen atoms in total. The first-order valence-corrected chi connectivity index (χ1v) is 10.6. The summed E-state index contributed by atoms with van der Waals surface area (Å²) in [5.74, 6) is 0. The highest BCUT2D eigenvalue weighted by atomic mass is 79.9. The van der Waals surface area contributed by atoms with E-state index in [9.17, 15) is 0 Å². The highest BCUT2D eigenvalue weighted by Crippen LogP contribution is 2.57. The molecule has 0 unspecified atom stereocenters. The Morgan fingerprint density at radius 3 is 1.96 bits per heavy atom. The zero-order valence-electron chi connectivity index (χ0n) is 15.4. The van der Waals surface area contributed by atoms with Crippen molar-refractivity contribution < 1.29 is 0 Å². The van der Waals surface area contributed by atoms with Gasteiger partial charge in [-0.1, -0.05) is 58.0 Å². The third-order valence-corrected chi connectivity index (χ3v) is 8.42. The summed E-state index contributed by atoms with van der Waals surface area (Å²) in [4.78, 5) is 0. The lowest BCUT2D eigenvalue weighted by Gasteiger charge is -2.25. The average Bonchev–Trinajstić information content (AvgIpc) is 2.97. The predicted octanol–water partition coefficient (Wildman–Crippen LogP) is 7.82. The van der Waals surface area contributed by atoms with Gasteiger partial charge in [-0.3, -0.25) is 0 Å². The van der Waals surface area contributed by atoms with Crippen LogP contribution in [0.25, 0.3) is 22.3 Å². The van der Waals surface area contributed by atoms with Gasteiger partial charge < -0.3 is 0 Å². The summed E-state index contributed by atoms with van der Waals surface area (Å²) in [7, 11) is 0. The molecule has 0 heterocycles. The molecule has 0 amide bonds. The average molecular weight is 468 g/mol. The second kappa shape index (κ2) is 5.11. The summed E-state index contributed by atoms with van der Waals surface area (Å²) < 4.78 is 2.30. The van der Waals surface area contributed by atoms with Gasteiger partial charge in [0.15, 0.2) is 0 Å². The molecule has 0 saturated carbocycles. The van der Waals surface area contributed by atoms with Gasteiger partial charge >= 0.3 is 0 Å². The van der Waals surface area contributed by atoms with Gasteiger partial charge in [0.05, 0.1) is 0 Å². The zero-order chi connectivity index (χ0) is 18.4. The smallest absolute Gasteiger partial charge is 0.0364 e. The van der Waals surface area contributed by atoms with Crippen molar-refractivity contribution in [3.8, 4) is 22.3 Å². The highest BCUT2D eigenvalue weighted by molar-refractivity contribution is 9.13. The predicted molar refractivity (Wildman–Crippen MR) is 117 cm³/mol. The van der Waals surface area contributed by atoms with E-state index in [2.05, 4.69) is 108 Å². The fraction of sp³-hybridized carbons (Fsp3) is 0.250. The van der Waals surface area contributed by atoms with Crippen LogP contribution >= 0.6 is 31.9 Å². The Kier molecular flexibility index (Phi) is 3.30. The quantitative estimate of drug-likeness (QED) is 0.316. The van der Waals surface area contributed by atoms with Crippen LogP contribution in [0, 0.1) is 0 Å². The Balaban J connectivity index is 1.87. The van der Waals surface area contributed by atoms with E-state index < -0.39 is 0 Å². The molecule has 26 heavy (non-hydrogen) atoms. The van der Waals surface area contributed by atoms with Gasteiger partial charge in [0.25, 0.3) is 0 Å². The minimum absolute atomic E-state index is 0.0238. The second-order valence-electron chi connectivity index (χ2n) is 8.52. The number of hydrogen-bond donors (Lipinski definition) is 0. The lowest BCUT2D eigenvalue weighted by molar-refractivity contribution is 0.650. The summed E-state index contributed by atoms with van der Waals surface area (Å²) >= 11 is 7.53. The SMILES string of the molecule is CC1(C)c2ccccc2-c2cc3c(cc21)-c1ccc(Br)c(Br)c1C3(C)C. The molecule has 0 aromatic heterocycles. The van der Waals surface area contributed by atoms with Crippen LogP contribution in [0.1, 0.15) is 49.9 Å². The molecule has 5 rings (SSSR count). The molecule has 130 valence electrons. The van der Waals surface area contributed by atoms with Gasteiger partial charge in [0.2, 0.25) is 0 Å². The van der Waals surface area contributed by atoms with E-state index in [1.165, 1.54) is 49.0 Å². The van der Waals surface area contributed by atoms with Crippen molar-refractivity contribution in [1.29, 1.82) is 0 Å². The largest absolute Gasteiger partial charge is 0.0619 e. The highest BCUT2D eigenvalue weighted by Gasteiger charge is 2.42. The summed E-state index contributed by atoms with van der Waals surface area (Å²) in [5, 5.41) is 0. The third kappa shape index (κ3) is 1.90. The first-order valence-electron chi connectivity index (χ1n) is 9.02. The monoisotopic (exact) mass is 466 g/mol. The topological polar surface area (TPSA) is 0 Å². The van der Waals surface area contributed by atoms with Crippen molar-refractivity contribution in [2.75, 3.05) is 0 Å².